The number of aliphatic imine (C=N–C) groups is 1. The van der Waals surface area contributed by atoms with Gasteiger partial charge in [-0.05, 0) is 55.9 Å². The summed E-state index contributed by atoms with van der Waals surface area (Å²) in [7, 11) is -0.941. The number of alkyl halides is 3. The van der Waals surface area contributed by atoms with Crippen molar-refractivity contribution >= 4 is 39.5 Å². The Morgan fingerprint density at radius 1 is 1.13 bits per heavy atom. The van der Waals surface area contributed by atoms with Crippen LogP contribution in [0.4, 0.5) is 17.6 Å². The van der Waals surface area contributed by atoms with Crippen molar-refractivity contribution in [2.75, 3.05) is 13.6 Å². The smallest absolute Gasteiger partial charge is 0.344 e. The van der Waals surface area contributed by atoms with E-state index in [-0.39, 0.29) is 35.2 Å². The monoisotopic (exact) mass is 680 g/mol. The summed E-state index contributed by atoms with van der Waals surface area (Å²) in [6, 6.07) is 3.46. The molecule has 2 aromatic heterocycles. The predicted octanol–water partition coefficient (Wildman–Crippen LogP) is 4.12. The van der Waals surface area contributed by atoms with E-state index in [0.29, 0.717) is 30.2 Å². The first-order valence-electron chi connectivity index (χ1n) is 14.4. The van der Waals surface area contributed by atoms with E-state index in [1.165, 1.54) is 12.1 Å². The number of pyridine rings is 1. The van der Waals surface area contributed by atoms with Crippen molar-refractivity contribution in [3.63, 3.8) is 0 Å². The molecule has 0 radical (unpaired) electrons. The van der Waals surface area contributed by atoms with Crippen molar-refractivity contribution in [2.24, 2.45) is 12.0 Å². The molecule has 3 aromatic rings. The fraction of sp³-hybridized carbons (Fsp3) is 0.433. The lowest BCUT2D eigenvalue weighted by Gasteiger charge is -2.29. The number of carbonyl (C=O) groups is 2. The molecule has 1 saturated heterocycles. The maximum absolute atomic E-state index is 15.1. The summed E-state index contributed by atoms with van der Waals surface area (Å²) in [5.74, 6) is -2.69. The zero-order chi connectivity index (χ0) is 33.2. The number of halogens is 5. The third-order valence-corrected chi connectivity index (χ3v) is 11.5. The zero-order valence-corrected chi connectivity index (χ0v) is 26.3. The second kappa shape index (κ2) is 11.1. The number of nitrogens with zero attached hydrogens (tertiary/aromatic N) is 5. The number of likely N-dealkylation sites (tertiary alicyclic amines) is 1. The number of hydrogen-bond donors (Lipinski definition) is 1. The molecule has 6 rings (SSSR count). The van der Waals surface area contributed by atoms with Crippen molar-refractivity contribution in [1.82, 2.24) is 25.0 Å². The number of aryl methyl sites for hydroxylation is 1. The van der Waals surface area contributed by atoms with Gasteiger partial charge >= 0.3 is 6.18 Å². The Hall–Kier alpha value is -3.85. The fourth-order valence-corrected chi connectivity index (χ4v) is 8.29. The van der Waals surface area contributed by atoms with Crippen LogP contribution in [0.1, 0.15) is 43.4 Å². The van der Waals surface area contributed by atoms with Gasteiger partial charge in [0.15, 0.2) is 9.84 Å². The van der Waals surface area contributed by atoms with Crippen molar-refractivity contribution in [2.45, 2.75) is 65.4 Å². The van der Waals surface area contributed by atoms with Crippen LogP contribution in [-0.4, -0.2) is 76.5 Å². The van der Waals surface area contributed by atoms with Crippen molar-refractivity contribution < 1.29 is 35.6 Å². The van der Waals surface area contributed by atoms with Gasteiger partial charge in [0.25, 0.3) is 0 Å². The Balaban J connectivity index is 1.33. The number of amides is 2. The van der Waals surface area contributed by atoms with Crippen LogP contribution in [0.2, 0.25) is 5.02 Å². The van der Waals surface area contributed by atoms with E-state index in [9.17, 15) is 31.2 Å². The van der Waals surface area contributed by atoms with E-state index in [2.05, 4.69) is 20.4 Å². The number of benzene rings is 1. The summed E-state index contributed by atoms with van der Waals surface area (Å²) in [4.78, 5) is 36.4. The molecule has 46 heavy (non-hydrogen) atoms. The molecule has 1 aliphatic heterocycles. The van der Waals surface area contributed by atoms with E-state index < -0.39 is 73.7 Å². The first-order valence-corrected chi connectivity index (χ1v) is 16.3. The van der Waals surface area contributed by atoms with Crippen LogP contribution in [0.3, 0.4) is 0 Å². The summed E-state index contributed by atoms with van der Waals surface area (Å²) in [6.07, 6.45) is 1.59. The Labute approximate surface area is 266 Å². The molecular formula is C30H29ClF4N6O4S. The molecule has 2 atom stereocenters. The third kappa shape index (κ3) is 5.67. The average Bonchev–Trinajstić information content (AvgIpc) is 3.85. The molecular weight excluding hydrogens is 652 g/mol. The second-order valence-corrected chi connectivity index (χ2v) is 14.7. The maximum Gasteiger partial charge on any atom is 0.417 e. The minimum atomic E-state index is -4.84. The van der Waals surface area contributed by atoms with Crippen LogP contribution in [0, 0.1) is 5.82 Å². The average molecular weight is 681 g/mol. The van der Waals surface area contributed by atoms with Crippen molar-refractivity contribution in [3.05, 3.63) is 65.0 Å². The van der Waals surface area contributed by atoms with Crippen LogP contribution in [0.5, 0.6) is 0 Å². The Bertz CT molecular complexity index is 1870. The summed E-state index contributed by atoms with van der Waals surface area (Å²) in [5.41, 5.74) is -2.78. The highest BCUT2D eigenvalue weighted by atomic mass is 35.5. The predicted molar refractivity (Wildman–Crippen MR) is 159 cm³/mol. The lowest BCUT2D eigenvalue weighted by atomic mass is 9.97. The normalized spacial score (nSPS) is 21.8. The van der Waals surface area contributed by atoms with Crippen molar-refractivity contribution in [1.29, 1.82) is 0 Å². The largest absolute Gasteiger partial charge is 0.417 e. The third-order valence-electron chi connectivity index (χ3n) is 8.86. The number of carbonyl (C=O) groups excluding carboxylic acids is 2. The lowest BCUT2D eigenvalue weighted by Crippen LogP contribution is -2.52. The summed E-state index contributed by atoms with van der Waals surface area (Å²) in [5, 5.41) is 5.66. The number of aromatic nitrogens is 3. The number of nitrogens with one attached hydrogen (secondary N) is 1. The van der Waals surface area contributed by atoms with Gasteiger partial charge in [0.05, 0.1) is 43.6 Å². The molecule has 2 amide bonds. The van der Waals surface area contributed by atoms with Gasteiger partial charge in [-0.2, -0.15) is 18.3 Å². The minimum Gasteiger partial charge on any atom is -0.344 e. The van der Waals surface area contributed by atoms with Gasteiger partial charge in [-0.3, -0.25) is 24.2 Å². The molecule has 3 aliphatic rings. The minimum absolute atomic E-state index is 0.0575. The lowest BCUT2D eigenvalue weighted by molar-refractivity contribution is -0.140. The van der Waals surface area contributed by atoms with Gasteiger partial charge in [0, 0.05) is 44.8 Å². The molecule has 3 heterocycles. The highest BCUT2D eigenvalue weighted by molar-refractivity contribution is 7.92. The molecule has 2 saturated carbocycles. The van der Waals surface area contributed by atoms with E-state index in [4.69, 9.17) is 11.6 Å². The van der Waals surface area contributed by atoms with E-state index in [1.807, 2.05) is 0 Å². The van der Waals surface area contributed by atoms with Gasteiger partial charge in [-0.25, -0.2) is 12.8 Å². The summed E-state index contributed by atoms with van der Waals surface area (Å²) in [6.45, 7) is -0.418. The molecule has 10 nitrogen and oxygen atoms in total. The SMILES string of the molecule is CN=CC1(NC(=O)C2CC(S(=O)(=O)c3ccc(-c4cnn(C)c4)cc3Cl)CN2C(=O)C2(c3ncc(C(F)(F)F)cc3F)CC2)CC1. The highest BCUT2D eigenvalue weighted by Crippen LogP contribution is 2.51. The number of sulfone groups is 1. The van der Waals surface area contributed by atoms with E-state index in [1.54, 1.807) is 43.5 Å². The second-order valence-electron chi connectivity index (χ2n) is 12.1. The zero-order valence-electron chi connectivity index (χ0n) is 24.7. The number of hydrogen-bond acceptors (Lipinski definition) is 7. The molecule has 1 aromatic carbocycles. The van der Waals surface area contributed by atoms with Gasteiger partial charge < -0.3 is 10.2 Å². The van der Waals surface area contributed by atoms with E-state index >= 15 is 4.39 Å². The summed E-state index contributed by atoms with van der Waals surface area (Å²) >= 11 is 6.49. The molecule has 3 fully saturated rings. The van der Waals surface area contributed by atoms with Gasteiger partial charge in [0.2, 0.25) is 11.8 Å². The van der Waals surface area contributed by atoms with Crippen LogP contribution in [0.15, 0.2) is 52.7 Å². The summed E-state index contributed by atoms with van der Waals surface area (Å²) < 4.78 is 84.2. The Morgan fingerprint density at radius 3 is 2.39 bits per heavy atom. The Morgan fingerprint density at radius 2 is 1.85 bits per heavy atom. The number of rotatable bonds is 8. The fourth-order valence-electron chi connectivity index (χ4n) is 6.05. The first-order chi connectivity index (χ1) is 21.6. The topological polar surface area (TPSA) is 127 Å². The highest BCUT2D eigenvalue weighted by Gasteiger charge is 2.60. The van der Waals surface area contributed by atoms with Gasteiger partial charge in [-0.15, -0.1) is 0 Å². The molecule has 244 valence electrons. The molecule has 2 aliphatic carbocycles. The molecule has 16 heteroatoms. The standard InChI is InChI=1S/C30H29ClF4N6O4S/c1-36-16-28(5-6-28)39-26(42)23-11-20(46(44,45)24-4-3-17(9-21(24)31)18-12-38-40(2)14-18)15-41(23)27(43)29(7-8-29)25-22(32)10-19(13-37-25)30(33,34)35/h3-4,9-10,12-14,16,20,23H,5-8,11,15H2,1-2H3,(H,39,42). The van der Waals surface area contributed by atoms with Gasteiger partial charge in [0.1, 0.15) is 11.9 Å². The van der Waals surface area contributed by atoms with Crippen LogP contribution < -0.4 is 5.32 Å². The molecule has 1 N–H and O–H groups in total. The first kappa shape index (κ1) is 32.1. The van der Waals surface area contributed by atoms with Crippen molar-refractivity contribution in [3.8, 4) is 11.1 Å². The van der Waals surface area contributed by atoms with Gasteiger partial charge in [-0.1, -0.05) is 17.7 Å². The molecule has 0 bridgehead atoms. The maximum atomic E-state index is 15.1. The van der Waals surface area contributed by atoms with E-state index in [0.717, 1.165) is 4.90 Å². The van der Waals surface area contributed by atoms with Crippen LogP contribution >= 0.6 is 11.6 Å². The molecule has 0 spiro atoms. The van der Waals surface area contributed by atoms with Crippen LogP contribution in [-0.2, 0) is 38.1 Å². The molecule has 2 unspecified atom stereocenters. The Kier molecular flexibility index (Phi) is 7.78. The quantitative estimate of drug-likeness (QED) is 0.282. The van der Waals surface area contributed by atoms with Crippen LogP contribution in [0.25, 0.3) is 11.1 Å².